The van der Waals surface area contributed by atoms with Gasteiger partial charge in [-0.25, -0.2) is 24.0 Å². The molecule has 5 rings (SSSR count). The first-order valence-electron chi connectivity index (χ1n) is 15.0. The second kappa shape index (κ2) is 15.5. The SMILES string of the molecule is O=C(OS)c1cc(O)c(O)c(OC(=O)c2cc(O)c(O)c(OC(=O)c3cc(O)c(O)c(OC(=O)c4cc(O)c(O)c(OC(=O)c5cc(O)c(O)c(O)c5)c4)c3)c2)c1. The molecule has 21 nitrogen and oxygen atoms in total. The molecule has 57 heavy (non-hydrogen) atoms. The van der Waals surface area contributed by atoms with Gasteiger partial charge in [-0.05, 0) is 60.7 Å². The van der Waals surface area contributed by atoms with Gasteiger partial charge in [0.25, 0.3) is 0 Å². The third-order valence-electron chi connectivity index (χ3n) is 7.36. The lowest BCUT2D eigenvalue weighted by molar-refractivity contribution is 0.0700. The van der Waals surface area contributed by atoms with E-state index in [9.17, 15) is 80.1 Å². The highest BCUT2D eigenvalue weighted by Gasteiger charge is 2.26. The van der Waals surface area contributed by atoms with Gasteiger partial charge in [-0.1, -0.05) is 0 Å². The zero-order chi connectivity index (χ0) is 42.0. The minimum Gasteiger partial charge on any atom is -0.504 e. The van der Waals surface area contributed by atoms with Gasteiger partial charge >= 0.3 is 29.8 Å². The summed E-state index contributed by atoms with van der Waals surface area (Å²) >= 11 is 3.33. The first-order valence-corrected chi connectivity index (χ1v) is 15.4. The number of ether oxygens (including phenoxy) is 4. The average molecular weight is 811 g/mol. The smallest absolute Gasteiger partial charge is 0.350 e. The van der Waals surface area contributed by atoms with E-state index in [1.54, 1.807) is 0 Å². The van der Waals surface area contributed by atoms with Crippen molar-refractivity contribution in [1.29, 1.82) is 0 Å². The van der Waals surface area contributed by atoms with Crippen LogP contribution in [0.1, 0.15) is 51.8 Å². The number of rotatable bonds is 9. The van der Waals surface area contributed by atoms with Crippen LogP contribution in [0.3, 0.4) is 0 Å². The molecule has 0 heterocycles. The summed E-state index contributed by atoms with van der Waals surface area (Å²) in [5, 5.41) is 110. The maximum atomic E-state index is 13.1. The number of thiol groups is 1. The van der Waals surface area contributed by atoms with Crippen LogP contribution in [-0.2, 0) is 4.18 Å². The van der Waals surface area contributed by atoms with Crippen molar-refractivity contribution < 1.29 is 103 Å². The number of hydrogen-bond donors (Lipinski definition) is 12. The Morgan fingerprint density at radius 2 is 0.509 bits per heavy atom. The monoisotopic (exact) mass is 810 g/mol. The Morgan fingerprint density at radius 1 is 0.316 bits per heavy atom. The zero-order valence-corrected chi connectivity index (χ0v) is 28.6. The molecule has 0 fully saturated rings. The Kier molecular flexibility index (Phi) is 10.8. The Hall–Kier alpha value is -8.40. The van der Waals surface area contributed by atoms with Crippen LogP contribution in [0.5, 0.6) is 86.2 Å². The Bertz CT molecular complexity index is 2510. The van der Waals surface area contributed by atoms with Gasteiger partial charge in [-0.2, -0.15) is 0 Å². The van der Waals surface area contributed by atoms with Gasteiger partial charge < -0.3 is 79.3 Å². The highest BCUT2D eigenvalue weighted by molar-refractivity contribution is 7.75. The Labute approximate surface area is 320 Å². The molecule has 5 aromatic rings. The molecule has 0 aliphatic carbocycles. The van der Waals surface area contributed by atoms with Crippen molar-refractivity contribution >= 4 is 42.8 Å². The average Bonchev–Trinajstić information content (AvgIpc) is 3.16. The molecule has 0 bridgehead atoms. The van der Waals surface area contributed by atoms with Crippen LogP contribution in [0, 0.1) is 0 Å². The molecule has 0 saturated carbocycles. The summed E-state index contributed by atoms with van der Waals surface area (Å²) in [5.41, 5.74) is -3.03. The van der Waals surface area contributed by atoms with Crippen LogP contribution in [0.2, 0.25) is 0 Å². The summed E-state index contributed by atoms with van der Waals surface area (Å²) in [6.45, 7) is 0. The topological polar surface area (TPSA) is 354 Å². The lowest BCUT2D eigenvalue weighted by atomic mass is 10.1. The molecule has 294 valence electrons. The van der Waals surface area contributed by atoms with Crippen LogP contribution < -0.4 is 18.9 Å². The Balaban J connectivity index is 1.37. The third kappa shape index (κ3) is 8.24. The molecule has 0 spiro atoms. The van der Waals surface area contributed by atoms with Crippen molar-refractivity contribution in [3.63, 3.8) is 0 Å². The van der Waals surface area contributed by atoms with Crippen molar-refractivity contribution in [1.82, 2.24) is 0 Å². The minimum absolute atomic E-state index is 0.419. The Morgan fingerprint density at radius 3 is 0.737 bits per heavy atom. The van der Waals surface area contributed by atoms with Crippen LogP contribution in [0.4, 0.5) is 0 Å². The van der Waals surface area contributed by atoms with E-state index in [-0.39, 0.29) is 0 Å². The van der Waals surface area contributed by atoms with Crippen LogP contribution in [0.15, 0.2) is 60.7 Å². The fraction of sp³-hybridized carbons (Fsp3) is 0. The summed E-state index contributed by atoms with van der Waals surface area (Å²) in [4.78, 5) is 63.4. The molecule has 0 saturated heterocycles. The molecule has 0 atom stereocenters. The third-order valence-corrected chi connectivity index (χ3v) is 7.53. The van der Waals surface area contributed by atoms with Crippen LogP contribution >= 0.6 is 12.9 Å². The van der Waals surface area contributed by atoms with Crippen molar-refractivity contribution in [2.45, 2.75) is 0 Å². The quantitative estimate of drug-likeness (QED) is 0.0334. The van der Waals surface area contributed by atoms with E-state index in [0.29, 0.717) is 48.5 Å². The highest BCUT2D eigenvalue weighted by atomic mass is 32.1. The molecule has 0 unspecified atom stereocenters. The number of esters is 4. The highest BCUT2D eigenvalue weighted by Crippen LogP contribution is 2.43. The molecule has 0 aromatic heterocycles. The van der Waals surface area contributed by atoms with Crippen LogP contribution in [-0.4, -0.2) is 86.0 Å². The van der Waals surface area contributed by atoms with Gasteiger partial charge in [0.2, 0.25) is 23.0 Å². The number of phenols is 11. The molecule has 11 N–H and O–H groups in total. The lowest BCUT2D eigenvalue weighted by Gasteiger charge is -2.13. The largest absolute Gasteiger partial charge is 0.504 e. The number of carbonyl (C=O) groups is 5. The first kappa shape index (κ1) is 39.8. The molecule has 5 aromatic carbocycles. The normalized spacial score (nSPS) is 10.6. The van der Waals surface area contributed by atoms with E-state index >= 15 is 0 Å². The van der Waals surface area contributed by atoms with Crippen molar-refractivity contribution in [2.75, 3.05) is 0 Å². The number of phenolic OH excluding ortho intramolecular Hbond substituents is 11. The lowest BCUT2D eigenvalue weighted by Crippen LogP contribution is -2.13. The maximum Gasteiger partial charge on any atom is 0.350 e. The first-order chi connectivity index (χ1) is 26.8. The van der Waals surface area contributed by atoms with Crippen molar-refractivity contribution in [3.05, 3.63) is 88.5 Å². The van der Waals surface area contributed by atoms with Crippen molar-refractivity contribution in [2.24, 2.45) is 0 Å². The summed E-state index contributed by atoms with van der Waals surface area (Å²) in [6, 6.07) is 6.72. The predicted octanol–water partition coefficient (Wildman–Crippen LogP) is 3.33. The summed E-state index contributed by atoms with van der Waals surface area (Å²) < 4.78 is 24.2. The van der Waals surface area contributed by atoms with E-state index in [0.717, 1.165) is 12.1 Å². The minimum atomic E-state index is -1.49. The van der Waals surface area contributed by atoms with Gasteiger partial charge in [0, 0.05) is 12.9 Å². The maximum absolute atomic E-state index is 13.1. The number of benzene rings is 5. The standard InChI is InChI=1S/C35H22O21S/c36-16-1-11(2-17(37)26(16)42)31(47)52-22-7-12(3-18(38)27(22)43)32(48)53-23-8-13(4-19(39)28(23)44)33(49)54-24-9-14(5-20(40)29(24)45)34(50)55-25-10-15(35(51)56-57)6-21(41)30(25)46/h1-10,36-46,57H. The number of aromatic hydroxyl groups is 11. The summed E-state index contributed by atoms with van der Waals surface area (Å²) in [7, 11) is 0. The van der Waals surface area contributed by atoms with E-state index < -0.39 is 144 Å². The van der Waals surface area contributed by atoms with Gasteiger partial charge in [-0.15, -0.1) is 0 Å². The molecular formula is C35H22O21S. The van der Waals surface area contributed by atoms with E-state index in [1.165, 1.54) is 0 Å². The van der Waals surface area contributed by atoms with Gasteiger partial charge in [0.05, 0.1) is 27.8 Å². The molecule has 0 amide bonds. The fourth-order valence-corrected chi connectivity index (χ4v) is 4.67. The summed E-state index contributed by atoms with van der Waals surface area (Å²) in [6.07, 6.45) is 0. The van der Waals surface area contributed by atoms with E-state index in [2.05, 4.69) is 17.1 Å². The second-order valence-corrected chi connectivity index (χ2v) is 11.4. The molecular weight excluding hydrogens is 788 g/mol. The molecule has 0 aliphatic rings. The number of hydrogen-bond acceptors (Lipinski definition) is 22. The van der Waals surface area contributed by atoms with Gasteiger partial charge in [0.1, 0.15) is 0 Å². The predicted molar refractivity (Wildman–Crippen MR) is 185 cm³/mol. The van der Waals surface area contributed by atoms with Gasteiger partial charge in [0.15, 0.2) is 63.2 Å². The molecule has 0 aliphatic heterocycles. The second-order valence-electron chi connectivity index (χ2n) is 11.2. The molecule has 0 radical (unpaired) electrons. The van der Waals surface area contributed by atoms with E-state index in [4.69, 9.17) is 18.9 Å². The zero-order valence-electron chi connectivity index (χ0n) is 27.7. The van der Waals surface area contributed by atoms with Crippen molar-refractivity contribution in [3.8, 4) is 86.2 Å². The van der Waals surface area contributed by atoms with Gasteiger partial charge in [-0.3, -0.25) is 0 Å². The fourth-order valence-electron chi connectivity index (χ4n) is 4.57. The van der Waals surface area contributed by atoms with Crippen LogP contribution in [0.25, 0.3) is 0 Å². The molecule has 22 heteroatoms. The summed E-state index contributed by atoms with van der Waals surface area (Å²) in [5.74, 6) is -21.6. The number of carbonyl (C=O) groups excluding carboxylic acids is 5. The van der Waals surface area contributed by atoms with E-state index in [1.807, 2.05) is 0 Å².